The van der Waals surface area contributed by atoms with E-state index in [4.69, 9.17) is 0 Å². The minimum atomic E-state index is -0.623. The Morgan fingerprint density at radius 1 is 1.35 bits per heavy atom. The SMILES string of the molecule is CC(O)C1CCCN(C(=O)C(=O)Nc2ccccc2)C1. The van der Waals surface area contributed by atoms with E-state index >= 15 is 0 Å². The Labute approximate surface area is 118 Å². The first-order valence-corrected chi connectivity index (χ1v) is 6.91. The van der Waals surface area contributed by atoms with Gasteiger partial charge in [-0.3, -0.25) is 9.59 Å². The summed E-state index contributed by atoms with van der Waals surface area (Å²) in [6, 6.07) is 8.91. The number of hydrogen-bond donors (Lipinski definition) is 2. The van der Waals surface area contributed by atoms with Crippen LogP contribution < -0.4 is 5.32 Å². The van der Waals surface area contributed by atoms with Gasteiger partial charge in [0.05, 0.1) is 6.10 Å². The zero-order chi connectivity index (χ0) is 14.5. The molecule has 5 nitrogen and oxygen atoms in total. The third-order valence-corrected chi connectivity index (χ3v) is 3.65. The molecule has 1 aromatic carbocycles. The summed E-state index contributed by atoms with van der Waals surface area (Å²) in [7, 11) is 0. The van der Waals surface area contributed by atoms with E-state index in [0.717, 1.165) is 12.8 Å². The average Bonchev–Trinajstić information content (AvgIpc) is 2.47. The van der Waals surface area contributed by atoms with Crippen LogP contribution in [0.4, 0.5) is 5.69 Å². The maximum absolute atomic E-state index is 12.1. The number of carbonyl (C=O) groups excluding carboxylic acids is 2. The molecule has 0 bridgehead atoms. The standard InChI is InChI=1S/C15H20N2O3/c1-11(18)12-6-5-9-17(10-12)15(20)14(19)16-13-7-3-2-4-8-13/h2-4,7-8,11-12,18H,5-6,9-10H2,1H3,(H,16,19). The van der Waals surface area contributed by atoms with Gasteiger partial charge in [-0.1, -0.05) is 18.2 Å². The van der Waals surface area contributed by atoms with Crippen LogP contribution in [-0.4, -0.2) is 41.0 Å². The molecular formula is C15H20N2O3. The second-order valence-electron chi connectivity index (χ2n) is 5.21. The van der Waals surface area contributed by atoms with Crippen molar-refractivity contribution in [2.75, 3.05) is 18.4 Å². The lowest BCUT2D eigenvalue weighted by Gasteiger charge is -2.33. The van der Waals surface area contributed by atoms with Crippen molar-refractivity contribution in [3.05, 3.63) is 30.3 Å². The van der Waals surface area contributed by atoms with Crippen LogP contribution in [0.5, 0.6) is 0 Å². The molecule has 108 valence electrons. The lowest BCUT2D eigenvalue weighted by molar-refractivity contribution is -0.144. The van der Waals surface area contributed by atoms with Gasteiger partial charge in [0, 0.05) is 24.7 Å². The van der Waals surface area contributed by atoms with Crippen molar-refractivity contribution >= 4 is 17.5 Å². The minimum Gasteiger partial charge on any atom is -0.393 e. The van der Waals surface area contributed by atoms with Gasteiger partial charge in [-0.2, -0.15) is 0 Å². The summed E-state index contributed by atoms with van der Waals surface area (Å²) in [4.78, 5) is 25.6. The lowest BCUT2D eigenvalue weighted by atomic mass is 9.93. The third kappa shape index (κ3) is 3.57. The largest absolute Gasteiger partial charge is 0.393 e. The van der Waals surface area contributed by atoms with E-state index in [1.54, 1.807) is 31.2 Å². The van der Waals surface area contributed by atoms with Crippen LogP contribution >= 0.6 is 0 Å². The molecule has 1 aromatic rings. The van der Waals surface area contributed by atoms with Gasteiger partial charge in [-0.25, -0.2) is 0 Å². The van der Waals surface area contributed by atoms with E-state index in [2.05, 4.69) is 5.32 Å². The Bertz CT molecular complexity index is 473. The molecule has 2 unspecified atom stereocenters. The van der Waals surface area contributed by atoms with Crippen molar-refractivity contribution in [1.82, 2.24) is 4.90 Å². The van der Waals surface area contributed by atoms with Crippen molar-refractivity contribution in [2.45, 2.75) is 25.9 Å². The molecule has 2 atom stereocenters. The highest BCUT2D eigenvalue weighted by Gasteiger charge is 2.29. The zero-order valence-corrected chi connectivity index (χ0v) is 11.6. The number of anilines is 1. The van der Waals surface area contributed by atoms with Crippen molar-refractivity contribution in [2.24, 2.45) is 5.92 Å². The number of benzene rings is 1. The minimum absolute atomic E-state index is 0.0530. The molecule has 2 amide bonds. The van der Waals surface area contributed by atoms with Crippen LogP contribution in [-0.2, 0) is 9.59 Å². The molecule has 2 N–H and O–H groups in total. The van der Waals surface area contributed by atoms with Crippen LogP contribution in [0.15, 0.2) is 30.3 Å². The van der Waals surface area contributed by atoms with E-state index in [9.17, 15) is 14.7 Å². The Kier molecular flexibility index (Phi) is 4.74. The van der Waals surface area contributed by atoms with Gasteiger partial charge in [-0.05, 0) is 31.9 Å². The number of nitrogens with zero attached hydrogens (tertiary/aromatic N) is 1. The molecule has 1 aliphatic rings. The molecule has 1 aliphatic heterocycles. The van der Waals surface area contributed by atoms with E-state index in [1.807, 2.05) is 6.07 Å². The monoisotopic (exact) mass is 276 g/mol. The zero-order valence-electron chi connectivity index (χ0n) is 11.6. The molecular weight excluding hydrogens is 256 g/mol. The molecule has 0 saturated carbocycles. The van der Waals surface area contributed by atoms with Gasteiger partial charge in [0.15, 0.2) is 0 Å². The van der Waals surface area contributed by atoms with Gasteiger partial charge in [-0.15, -0.1) is 0 Å². The summed E-state index contributed by atoms with van der Waals surface area (Å²) in [5, 5.41) is 12.2. The number of nitrogens with one attached hydrogen (secondary N) is 1. The Morgan fingerprint density at radius 2 is 2.05 bits per heavy atom. The highest BCUT2D eigenvalue weighted by atomic mass is 16.3. The van der Waals surface area contributed by atoms with E-state index in [-0.39, 0.29) is 5.92 Å². The van der Waals surface area contributed by atoms with Crippen LogP contribution in [0.1, 0.15) is 19.8 Å². The van der Waals surface area contributed by atoms with Gasteiger partial charge in [0.1, 0.15) is 0 Å². The summed E-state index contributed by atoms with van der Waals surface area (Å²) < 4.78 is 0. The topological polar surface area (TPSA) is 69.6 Å². The first kappa shape index (κ1) is 14.5. The number of hydrogen-bond acceptors (Lipinski definition) is 3. The number of carbonyl (C=O) groups is 2. The van der Waals surface area contributed by atoms with Crippen LogP contribution in [0.2, 0.25) is 0 Å². The van der Waals surface area contributed by atoms with Gasteiger partial charge < -0.3 is 15.3 Å². The summed E-state index contributed by atoms with van der Waals surface area (Å²) in [5.41, 5.74) is 0.606. The normalized spacial score (nSPS) is 20.3. The summed E-state index contributed by atoms with van der Waals surface area (Å²) in [6.07, 6.45) is 1.25. The molecule has 0 aromatic heterocycles. The number of rotatable bonds is 2. The van der Waals surface area contributed by atoms with E-state index in [0.29, 0.717) is 18.8 Å². The molecule has 0 aliphatic carbocycles. The number of aliphatic hydroxyl groups excluding tert-OH is 1. The summed E-state index contributed by atoms with van der Waals surface area (Å²) >= 11 is 0. The van der Waals surface area contributed by atoms with E-state index in [1.165, 1.54) is 4.90 Å². The fourth-order valence-electron chi connectivity index (χ4n) is 2.44. The highest BCUT2D eigenvalue weighted by molar-refractivity contribution is 6.39. The number of aliphatic hydroxyl groups is 1. The average molecular weight is 276 g/mol. The smallest absolute Gasteiger partial charge is 0.313 e. The van der Waals surface area contributed by atoms with Crippen molar-refractivity contribution in [3.8, 4) is 0 Å². The molecule has 5 heteroatoms. The predicted octanol–water partition coefficient (Wildman–Crippen LogP) is 1.24. The summed E-state index contributed by atoms with van der Waals surface area (Å²) in [6.45, 7) is 2.74. The maximum Gasteiger partial charge on any atom is 0.313 e. The van der Waals surface area contributed by atoms with Crippen LogP contribution in [0.3, 0.4) is 0 Å². The van der Waals surface area contributed by atoms with Crippen LogP contribution in [0.25, 0.3) is 0 Å². The third-order valence-electron chi connectivity index (χ3n) is 3.65. The number of amides is 2. The van der Waals surface area contributed by atoms with Crippen molar-refractivity contribution < 1.29 is 14.7 Å². The molecule has 0 radical (unpaired) electrons. The number of para-hydroxylation sites is 1. The molecule has 1 fully saturated rings. The van der Waals surface area contributed by atoms with Gasteiger partial charge in [0.25, 0.3) is 0 Å². The fraction of sp³-hybridized carbons (Fsp3) is 0.467. The lowest BCUT2D eigenvalue weighted by Crippen LogP contribution is -2.47. The number of piperidine rings is 1. The maximum atomic E-state index is 12.1. The Balaban J connectivity index is 1.95. The Morgan fingerprint density at radius 3 is 2.70 bits per heavy atom. The Hall–Kier alpha value is -1.88. The van der Waals surface area contributed by atoms with E-state index < -0.39 is 17.9 Å². The molecule has 1 heterocycles. The molecule has 0 spiro atoms. The van der Waals surface area contributed by atoms with Crippen LogP contribution in [0, 0.1) is 5.92 Å². The highest BCUT2D eigenvalue weighted by Crippen LogP contribution is 2.20. The predicted molar refractivity (Wildman–Crippen MR) is 76.1 cm³/mol. The van der Waals surface area contributed by atoms with Gasteiger partial charge >= 0.3 is 11.8 Å². The second kappa shape index (κ2) is 6.52. The van der Waals surface area contributed by atoms with Gasteiger partial charge in [0.2, 0.25) is 0 Å². The van der Waals surface area contributed by atoms with Crippen molar-refractivity contribution in [1.29, 1.82) is 0 Å². The van der Waals surface area contributed by atoms with Crippen molar-refractivity contribution in [3.63, 3.8) is 0 Å². The molecule has 2 rings (SSSR count). The summed E-state index contributed by atoms with van der Waals surface area (Å²) in [5.74, 6) is -1.10. The fourth-order valence-corrected chi connectivity index (χ4v) is 2.44. The molecule has 1 saturated heterocycles. The molecule has 20 heavy (non-hydrogen) atoms. The first-order valence-electron chi connectivity index (χ1n) is 6.91. The second-order valence-corrected chi connectivity index (χ2v) is 5.21. The first-order chi connectivity index (χ1) is 9.58. The quantitative estimate of drug-likeness (QED) is 0.799. The number of likely N-dealkylation sites (tertiary alicyclic amines) is 1.